The van der Waals surface area contributed by atoms with Crippen molar-refractivity contribution in [3.05, 3.63) is 57.8 Å². The number of rotatable bonds is 2. The summed E-state index contributed by atoms with van der Waals surface area (Å²) in [5.41, 5.74) is -1.59. The van der Waals surface area contributed by atoms with Crippen LogP contribution in [0.3, 0.4) is 0 Å². The lowest BCUT2D eigenvalue weighted by Crippen LogP contribution is -2.16. The van der Waals surface area contributed by atoms with Crippen molar-refractivity contribution in [3.8, 4) is 5.75 Å². The van der Waals surface area contributed by atoms with Crippen molar-refractivity contribution in [2.75, 3.05) is 5.32 Å². The number of aromatic hydroxyl groups is 1. The van der Waals surface area contributed by atoms with Gasteiger partial charge in [0.1, 0.15) is 5.75 Å². The summed E-state index contributed by atoms with van der Waals surface area (Å²) in [6, 6.07) is 2.21. The average molecular weight is 284 g/mol. The van der Waals surface area contributed by atoms with E-state index >= 15 is 0 Å². The van der Waals surface area contributed by atoms with Crippen molar-refractivity contribution in [3.63, 3.8) is 0 Å². The number of hydrogen-bond donors (Lipinski definition) is 3. The first-order valence-corrected chi connectivity index (χ1v) is 5.26. The third-order valence-electron chi connectivity index (χ3n) is 2.43. The smallest absolute Gasteiger partial charge is 0.260 e. The van der Waals surface area contributed by atoms with Crippen molar-refractivity contribution < 1.29 is 23.1 Å². The monoisotopic (exact) mass is 284 g/mol. The fraction of sp³-hybridized carbons (Fsp3) is 0. The van der Waals surface area contributed by atoms with Crippen LogP contribution in [0.2, 0.25) is 0 Å². The van der Waals surface area contributed by atoms with Crippen LogP contribution in [0.4, 0.5) is 18.9 Å². The second-order valence-corrected chi connectivity index (χ2v) is 3.77. The van der Waals surface area contributed by atoms with Crippen LogP contribution < -0.4 is 10.9 Å². The third-order valence-corrected chi connectivity index (χ3v) is 2.43. The molecule has 0 aliphatic carbocycles. The molecule has 104 valence electrons. The average Bonchev–Trinajstić information content (AvgIpc) is 2.39. The number of aromatic nitrogens is 1. The maximum Gasteiger partial charge on any atom is 0.260 e. The second-order valence-electron chi connectivity index (χ2n) is 3.77. The van der Waals surface area contributed by atoms with Crippen LogP contribution in [0.5, 0.6) is 5.75 Å². The first-order valence-electron chi connectivity index (χ1n) is 5.26. The molecular formula is C12H7F3N2O3. The lowest BCUT2D eigenvalue weighted by Gasteiger charge is -2.08. The fourth-order valence-corrected chi connectivity index (χ4v) is 1.45. The van der Waals surface area contributed by atoms with Crippen LogP contribution in [-0.4, -0.2) is 16.0 Å². The van der Waals surface area contributed by atoms with Gasteiger partial charge in [0.15, 0.2) is 17.5 Å². The predicted molar refractivity (Wildman–Crippen MR) is 63.0 cm³/mol. The summed E-state index contributed by atoms with van der Waals surface area (Å²) in [5.74, 6) is -6.32. The molecule has 2 aromatic rings. The highest BCUT2D eigenvalue weighted by molar-refractivity contribution is 6.05. The number of carbonyl (C=O) groups is 1. The Labute approximate surface area is 109 Å². The Kier molecular flexibility index (Phi) is 3.47. The molecule has 8 heteroatoms. The molecule has 0 aliphatic rings. The van der Waals surface area contributed by atoms with Gasteiger partial charge in [0, 0.05) is 12.3 Å². The SMILES string of the molecule is O=C(Nc1ccc(F)c(F)c1F)c1c[nH]c(=O)cc1O. The lowest BCUT2D eigenvalue weighted by molar-refractivity contribution is 0.102. The van der Waals surface area contributed by atoms with E-state index in [0.29, 0.717) is 6.07 Å². The zero-order chi connectivity index (χ0) is 14.9. The minimum absolute atomic E-state index is 0.353. The molecule has 0 radical (unpaired) electrons. The zero-order valence-electron chi connectivity index (χ0n) is 9.71. The van der Waals surface area contributed by atoms with Crippen LogP contribution in [0.25, 0.3) is 0 Å². The van der Waals surface area contributed by atoms with Gasteiger partial charge in [-0.3, -0.25) is 9.59 Å². The Hall–Kier alpha value is -2.77. The predicted octanol–water partition coefficient (Wildman–Crippen LogP) is 1.75. The summed E-state index contributed by atoms with van der Waals surface area (Å²) in [6.45, 7) is 0. The zero-order valence-corrected chi connectivity index (χ0v) is 9.71. The van der Waals surface area contributed by atoms with Crippen LogP contribution >= 0.6 is 0 Å². The first-order chi connectivity index (χ1) is 9.40. The van der Waals surface area contributed by atoms with Gasteiger partial charge >= 0.3 is 0 Å². The van der Waals surface area contributed by atoms with Gasteiger partial charge in [0.25, 0.3) is 11.5 Å². The summed E-state index contributed by atoms with van der Waals surface area (Å²) in [6.07, 6.45) is 0.908. The third kappa shape index (κ3) is 2.48. The standard InChI is InChI=1S/C12H7F3N2O3/c13-6-1-2-7(11(15)10(6)14)17-12(20)5-4-16-9(19)3-8(5)18/h1-4H,(H,17,20)(H2,16,18,19). The normalized spacial score (nSPS) is 10.3. The summed E-state index contributed by atoms with van der Waals surface area (Å²) in [4.78, 5) is 24.7. The van der Waals surface area contributed by atoms with Crippen molar-refractivity contribution in [2.24, 2.45) is 0 Å². The molecule has 3 N–H and O–H groups in total. The molecule has 0 aliphatic heterocycles. The van der Waals surface area contributed by atoms with Crippen LogP contribution in [0, 0.1) is 17.5 Å². The quantitative estimate of drug-likeness (QED) is 0.735. The maximum atomic E-state index is 13.4. The van der Waals surface area contributed by atoms with Gasteiger partial charge in [0.05, 0.1) is 11.3 Å². The number of hydrogen-bond acceptors (Lipinski definition) is 3. The molecule has 1 heterocycles. The summed E-state index contributed by atoms with van der Waals surface area (Å²) >= 11 is 0. The molecule has 5 nitrogen and oxygen atoms in total. The van der Waals surface area contributed by atoms with Crippen molar-refractivity contribution >= 4 is 11.6 Å². The molecular weight excluding hydrogens is 277 g/mol. The number of benzene rings is 1. The van der Waals surface area contributed by atoms with E-state index in [1.807, 2.05) is 5.32 Å². The molecule has 0 unspecified atom stereocenters. The minimum Gasteiger partial charge on any atom is -0.507 e. The van der Waals surface area contributed by atoms with Gasteiger partial charge < -0.3 is 15.4 Å². The molecule has 2 rings (SSSR count). The Morgan fingerprint density at radius 1 is 1.20 bits per heavy atom. The number of pyridine rings is 1. The van der Waals surface area contributed by atoms with Gasteiger partial charge in [-0.1, -0.05) is 0 Å². The molecule has 1 aromatic heterocycles. The number of amides is 1. The number of aromatic amines is 1. The Morgan fingerprint density at radius 2 is 1.90 bits per heavy atom. The second kappa shape index (κ2) is 5.08. The molecule has 0 spiro atoms. The van der Waals surface area contributed by atoms with Gasteiger partial charge in [-0.05, 0) is 12.1 Å². The highest BCUT2D eigenvalue weighted by atomic mass is 19.2. The summed E-state index contributed by atoms with van der Waals surface area (Å²) in [5, 5.41) is 11.4. The molecule has 20 heavy (non-hydrogen) atoms. The molecule has 0 atom stereocenters. The van der Waals surface area contributed by atoms with E-state index in [0.717, 1.165) is 18.3 Å². The number of anilines is 1. The van der Waals surface area contributed by atoms with E-state index in [2.05, 4.69) is 4.98 Å². The number of nitrogens with one attached hydrogen (secondary N) is 2. The molecule has 1 amide bonds. The van der Waals surface area contributed by atoms with E-state index in [1.165, 1.54) is 0 Å². The van der Waals surface area contributed by atoms with Crippen molar-refractivity contribution in [1.82, 2.24) is 4.98 Å². The molecule has 0 saturated heterocycles. The molecule has 0 saturated carbocycles. The fourth-order valence-electron chi connectivity index (χ4n) is 1.45. The Bertz CT molecular complexity index is 743. The highest BCUT2D eigenvalue weighted by Crippen LogP contribution is 2.21. The molecule has 1 aromatic carbocycles. The van der Waals surface area contributed by atoms with E-state index < -0.39 is 40.4 Å². The van der Waals surface area contributed by atoms with Gasteiger partial charge in [0.2, 0.25) is 0 Å². The van der Waals surface area contributed by atoms with E-state index in [1.54, 1.807) is 0 Å². The van der Waals surface area contributed by atoms with Gasteiger partial charge in [-0.2, -0.15) is 0 Å². The Morgan fingerprint density at radius 3 is 2.55 bits per heavy atom. The summed E-state index contributed by atoms with van der Waals surface area (Å²) in [7, 11) is 0. The number of carbonyl (C=O) groups excluding carboxylic acids is 1. The summed E-state index contributed by atoms with van der Waals surface area (Å²) < 4.78 is 39.1. The first kappa shape index (κ1) is 13.7. The van der Waals surface area contributed by atoms with E-state index in [4.69, 9.17) is 0 Å². The highest BCUT2D eigenvalue weighted by Gasteiger charge is 2.17. The van der Waals surface area contributed by atoms with Gasteiger partial charge in [-0.25, -0.2) is 13.2 Å². The van der Waals surface area contributed by atoms with Crippen molar-refractivity contribution in [2.45, 2.75) is 0 Å². The van der Waals surface area contributed by atoms with Gasteiger partial charge in [-0.15, -0.1) is 0 Å². The topological polar surface area (TPSA) is 82.2 Å². The van der Waals surface area contributed by atoms with Crippen LogP contribution in [0.15, 0.2) is 29.2 Å². The number of halogens is 3. The number of H-pyrrole nitrogens is 1. The minimum atomic E-state index is -1.73. The van der Waals surface area contributed by atoms with E-state index in [9.17, 15) is 27.9 Å². The maximum absolute atomic E-state index is 13.4. The lowest BCUT2D eigenvalue weighted by atomic mass is 10.2. The van der Waals surface area contributed by atoms with E-state index in [-0.39, 0.29) is 5.56 Å². The van der Waals surface area contributed by atoms with Crippen LogP contribution in [-0.2, 0) is 0 Å². The largest absolute Gasteiger partial charge is 0.507 e. The Balaban J connectivity index is 2.33. The van der Waals surface area contributed by atoms with Crippen LogP contribution in [0.1, 0.15) is 10.4 Å². The molecule has 0 bridgehead atoms. The molecule has 0 fully saturated rings. The van der Waals surface area contributed by atoms with Crippen molar-refractivity contribution in [1.29, 1.82) is 0 Å².